The van der Waals surface area contributed by atoms with Gasteiger partial charge in [-0.3, -0.25) is 15.1 Å². The number of aromatic nitrogens is 2. The quantitative estimate of drug-likeness (QED) is 0.488. The third kappa shape index (κ3) is 3.18. The van der Waals surface area contributed by atoms with Crippen molar-refractivity contribution in [2.24, 2.45) is 0 Å². The van der Waals surface area contributed by atoms with E-state index >= 15 is 0 Å². The largest absolute Gasteiger partial charge is 0.288 e. The molecule has 0 fully saturated rings. The van der Waals surface area contributed by atoms with Crippen LogP contribution in [0, 0.1) is 10.1 Å². The predicted molar refractivity (Wildman–Crippen MR) is 69.7 cm³/mol. The first-order valence-electron chi connectivity index (χ1n) is 4.98. The van der Waals surface area contributed by atoms with E-state index in [1.54, 1.807) is 24.7 Å². The van der Waals surface area contributed by atoms with Gasteiger partial charge in [0.25, 0.3) is 5.69 Å². The highest BCUT2D eigenvalue weighted by atomic mass is 35.5. The van der Waals surface area contributed by atoms with Crippen molar-refractivity contribution in [1.29, 1.82) is 0 Å². The second kappa shape index (κ2) is 5.79. The van der Waals surface area contributed by atoms with Gasteiger partial charge < -0.3 is 0 Å². The lowest BCUT2D eigenvalue weighted by Crippen LogP contribution is -1.91. The summed E-state index contributed by atoms with van der Waals surface area (Å²) in [7, 11) is 0. The highest BCUT2D eigenvalue weighted by Crippen LogP contribution is 2.28. The molecule has 1 aromatic carbocycles. The topological polar surface area (TPSA) is 68.9 Å². The molecule has 0 aliphatic heterocycles. The van der Waals surface area contributed by atoms with Crippen molar-refractivity contribution in [1.82, 2.24) is 9.97 Å². The Balaban J connectivity index is 2.11. The van der Waals surface area contributed by atoms with Gasteiger partial charge in [-0.05, 0) is 11.6 Å². The normalized spacial score (nSPS) is 10.3. The monoisotopic (exact) mass is 281 g/mol. The minimum absolute atomic E-state index is 0.0751. The number of nitro benzene ring substituents is 1. The van der Waals surface area contributed by atoms with Crippen LogP contribution in [0.2, 0.25) is 5.02 Å². The summed E-state index contributed by atoms with van der Waals surface area (Å²) in [6, 6.07) is 4.77. The van der Waals surface area contributed by atoms with Crippen LogP contribution in [0.5, 0.6) is 0 Å². The average Bonchev–Trinajstić information content (AvgIpc) is 2.38. The Morgan fingerprint density at radius 2 is 2.22 bits per heavy atom. The lowest BCUT2D eigenvalue weighted by atomic mass is 10.2. The Morgan fingerprint density at radius 1 is 1.39 bits per heavy atom. The predicted octanol–water partition coefficient (Wildman–Crippen LogP) is 3.33. The van der Waals surface area contributed by atoms with Gasteiger partial charge in [0, 0.05) is 24.2 Å². The number of nitrogens with zero attached hydrogens (tertiary/aromatic N) is 3. The van der Waals surface area contributed by atoms with Crippen LogP contribution in [0.4, 0.5) is 5.69 Å². The number of thioether (sulfide) groups is 1. The van der Waals surface area contributed by atoms with Crippen molar-refractivity contribution in [3.63, 3.8) is 0 Å². The van der Waals surface area contributed by atoms with E-state index in [0.29, 0.717) is 5.75 Å². The summed E-state index contributed by atoms with van der Waals surface area (Å²) in [5.41, 5.74) is 0.746. The summed E-state index contributed by atoms with van der Waals surface area (Å²) in [4.78, 5) is 18.3. The van der Waals surface area contributed by atoms with Crippen LogP contribution in [0.1, 0.15) is 5.56 Å². The Morgan fingerprint density at radius 3 is 2.89 bits per heavy atom. The molecule has 2 rings (SSSR count). The van der Waals surface area contributed by atoms with Crippen LogP contribution in [-0.2, 0) is 5.75 Å². The van der Waals surface area contributed by atoms with Crippen molar-refractivity contribution in [3.05, 3.63) is 57.5 Å². The first-order chi connectivity index (χ1) is 8.66. The number of hydrogen-bond donors (Lipinski definition) is 0. The molecule has 18 heavy (non-hydrogen) atoms. The molecule has 1 aromatic heterocycles. The van der Waals surface area contributed by atoms with Gasteiger partial charge in [0.2, 0.25) is 0 Å². The van der Waals surface area contributed by atoms with Crippen molar-refractivity contribution < 1.29 is 4.92 Å². The van der Waals surface area contributed by atoms with Crippen LogP contribution in [0.3, 0.4) is 0 Å². The van der Waals surface area contributed by atoms with Crippen molar-refractivity contribution >= 4 is 29.1 Å². The maximum absolute atomic E-state index is 10.7. The van der Waals surface area contributed by atoms with Gasteiger partial charge in [0.05, 0.1) is 11.1 Å². The summed E-state index contributed by atoms with van der Waals surface area (Å²) in [6.07, 6.45) is 4.85. The molecule has 0 unspecified atom stereocenters. The van der Waals surface area contributed by atoms with Gasteiger partial charge >= 0.3 is 0 Å². The molecule has 0 spiro atoms. The molecule has 5 nitrogen and oxygen atoms in total. The summed E-state index contributed by atoms with van der Waals surface area (Å²) in [5.74, 6) is 0.580. The zero-order chi connectivity index (χ0) is 13.0. The molecular formula is C11H8ClN3O2S. The fourth-order valence-corrected chi connectivity index (χ4v) is 2.26. The van der Waals surface area contributed by atoms with Gasteiger partial charge in [-0.1, -0.05) is 17.7 Å². The molecule has 1 heterocycles. The van der Waals surface area contributed by atoms with Gasteiger partial charge in [0.15, 0.2) is 0 Å². The molecule has 0 aliphatic rings. The maximum atomic E-state index is 10.7. The molecule has 0 saturated carbocycles. The Bertz CT molecular complexity index is 565. The molecular weight excluding hydrogens is 274 g/mol. The van der Waals surface area contributed by atoms with Crippen LogP contribution >= 0.6 is 23.4 Å². The lowest BCUT2D eigenvalue weighted by molar-refractivity contribution is -0.384. The molecule has 0 amide bonds. The van der Waals surface area contributed by atoms with Gasteiger partial charge in [-0.25, -0.2) is 4.98 Å². The molecule has 0 radical (unpaired) electrons. The van der Waals surface area contributed by atoms with E-state index in [9.17, 15) is 10.1 Å². The van der Waals surface area contributed by atoms with E-state index in [1.165, 1.54) is 23.9 Å². The maximum Gasteiger partial charge on any atom is 0.288 e. The standard InChI is InChI=1S/C11H8ClN3O2S/c12-9-2-1-8(5-10(9)15(16)17)7-18-11-6-13-3-4-14-11/h1-6H,7H2. The van der Waals surface area contributed by atoms with Crippen LogP contribution in [0.25, 0.3) is 0 Å². The van der Waals surface area contributed by atoms with E-state index in [0.717, 1.165) is 10.6 Å². The van der Waals surface area contributed by atoms with E-state index in [4.69, 9.17) is 11.6 Å². The molecule has 0 bridgehead atoms. The molecule has 0 atom stereocenters. The highest BCUT2D eigenvalue weighted by molar-refractivity contribution is 7.98. The minimum Gasteiger partial charge on any atom is -0.260 e. The van der Waals surface area contributed by atoms with Crippen LogP contribution in [-0.4, -0.2) is 14.9 Å². The van der Waals surface area contributed by atoms with Crippen LogP contribution < -0.4 is 0 Å². The van der Waals surface area contributed by atoms with Gasteiger partial charge in [0.1, 0.15) is 10.0 Å². The van der Waals surface area contributed by atoms with Crippen molar-refractivity contribution in [3.8, 4) is 0 Å². The average molecular weight is 282 g/mol. The van der Waals surface area contributed by atoms with Crippen LogP contribution in [0.15, 0.2) is 41.8 Å². The second-order valence-corrected chi connectivity index (χ2v) is 4.78. The second-order valence-electron chi connectivity index (χ2n) is 3.38. The Kier molecular flexibility index (Phi) is 4.11. The number of halogens is 1. The minimum atomic E-state index is -0.487. The van der Waals surface area contributed by atoms with Crippen molar-refractivity contribution in [2.45, 2.75) is 10.8 Å². The van der Waals surface area contributed by atoms with Gasteiger partial charge in [-0.15, -0.1) is 11.8 Å². The summed E-state index contributed by atoms with van der Waals surface area (Å²) in [6.45, 7) is 0. The third-order valence-electron chi connectivity index (χ3n) is 2.13. The molecule has 0 saturated heterocycles. The molecule has 7 heteroatoms. The van der Waals surface area contributed by atoms with E-state index in [2.05, 4.69) is 9.97 Å². The summed E-state index contributed by atoms with van der Waals surface area (Å²) in [5, 5.41) is 11.7. The zero-order valence-corrected chi connectivity index (χ0v) is 10.7. The van der Waals surface area contributed by atoms with E-state index in [1.807, 2.05) is 0 Å². The molecule has 0 N–H and O–H groups in total. The number of nitro groups is 1. The fraction of sp³-hybridized carbons (Fsp3) is 0.0909. The number of rotatable bonds is 4. The molecule has 0 aliphatic carbocycles. The molecule has 92 valence electrons. The zero-order valence-electron chi connectivity index (χ0n) is 9.12. The Labute approximate surface area is 112 Å². The number of benzene rings is 1. The smallest absolute Gasteiger partial charge is 0.260 e. The lowest BCUT2D eigenvalue weighted by Gasteiger charge is -2.02. The first kappa shape index (κ1) is 12.8. The first-order valence-corrected chi connectivity index (χ1v) is 6.35. The van der Waals surface area contributed by atoms with E-state index < -0.39 is 4.92 Å². The van der Waals surface area contributed by atoms with E-state index in [-0.39, 0.29) is 10.7 Å². The van der Waals surface area contributed by atoms with Gasteiger partial charge in [-0.2, -0.15) is 0 Å². The highest BCUT2D eigenvalue weighted by Gasteiger charge is 2.12. The van der Waals surface area contributed by atoms with Crippen molar-refractivity contribution in [2.75, 3.05) is 0 Å². The summed E-state index contributed by atoms with van der Waals surface area (Å²) < 4.78 is 0. The third-order valence-corrected chi connectivity index (χ3v) is 3.44. The fourth-order valence-electron chi connectivity index (χ4n) is 1.31. The number of hydrogen-bond acceptors (Lipinski definition) is 5. The summed E-state index contributed by atoms with van der Waals surface area (Å²) >= 11 is 7.20. The Hall–Kier alpha value is -1.66. The SMILES string of the molecule is O=[N+]([O-])c1cc(CSc2cnccn2)ccc1Cl. The molecule has 2 aromatic rings.